The Morgan fingerprint density at radius 3 is 2.41 bits per heavy atom. The van der Waals surface area contributed by atoms with Crippen LogP contribution in [0.1, 0.15) is 11.4 Å². The molecule has 0 saturated carbocycles. The lowest BCUT2D eigenvalue weighted by molar-refractivity contribution is 0.415. The van der Waals surface area contributed by atoms with E-state index in [0.29, 0.717) is 0 Å². The van der Waals surface area contributed by atoms with Crippen molar-refractivity contribution in [3.8, 4) is 17.0 Å². The van der Waals surface area contributed by atoms with Gasteiger partial charge in [-0.3, -0.25) is 0 Å². The van der Waals surface area contributed by atoms with E-state index in [4.69, 9.17) is 9.84 Å². The molecule has 5 heteroatoms. The van der Waals surface area contributed by atoms with Gasteiger partial charge in [-0.05, 0) is 37.3 Å². The van der Waals surface area contributed by atoms with Crippen LogP contribution in [-0.4, -0.2) is 41.5 Å². The third kappa shape index (κ3) is 4.64. The van der Waals surface area contributed by atoms with Gasteiger partial charge in [0, 0.05) is 31.4 Å². The highest BCUT2D eigenvalue weighted by molar-refractivity contribution is 6.08. The normalized spacial score (nSPS) is 11.8. The number of methoxy groups -OCH3 is 1. The summed E-state index contributed by atoms with van der Waals surface area (Å²) in [5.74, 6) is 1.65. The molecule has 0 radical (unpaired) electrons. The molecule has 2 aromatic carbocycles. The second-order valence-electron chi connectivity index (χ2n) is 6.38. The summed E-state index contributed by atoms with van der Waals surface area (Å²) in [4.78, 5) is 6.63. The van der Waals surface area contributed by atoms with Gasteiger partial charge in [0.1, 0.15) is 11.6 Å². The molecule has 0 bridgehead atoms. The number of aromatic nitrogens is 2. The maximum absolute atomic E-state index is 5.26. The highest BCUT2D eigenvalue weighted by Crippen LogP contribution is 2.19. The first-order valence-corrected chi connectivity index (χ1v) is 8.76. The average Bonchev–Trinajstić information content (AvgIpc) is 3.06. The van der Waals surface area contributed by atoms with Crippen LogP contribution in [0.3, 0.4) is 0 Å². The zero-order chi connectivity index (χ0) is 19.2. The average molecular weight is 360 g/mol. The van der Waals surface area contributed by atoms with Crippen molar-refractivity contribution in [2.75, 3.05) is 21.2 Å². The molecule has 0 fully saturated rings. The minimum absolute atomic E-state index is 0.819. The number of hydrogen-bond acceptors (Lipinski definition) is 4. The molecule has 0 N–H and O–H groups in total. The molecule has 0 aliphatic rings. The Kier molecular flexibility index (Phi) is 5.71. The molecule has 138 valence electrons. The summed E-state index contributed by atoms with van der Waals surface area (Å²) >= 11 is 0. The van der Waals surface area contributed by atoms with Gasteiger partial charge < -0.3 is 9.64 Å². The monoisotopic (exact) mass is 360 g/mol. The lowest BCUT2D eigenvalue weighted by atomic mass is 10.1. The van der Waals surface area contributed by atoms with E-state index in [1.807, 2.05) is 104 Å². The quantitative estimate of drug-likeness (QED) is 0.619. The Morgan fingerprint density at radius 2 is 1.78 bits per heavy atom. The van der Waals surface area contributed by atoms with E-state index >= 15 is 0 Å². The molecule has 0 saturated heterocycles. The third-order valence-electron chi connectivity index (χ3n) is 4.06. The summed E-state index contributed by atoms with van der Waals surface area (Å²) in [6, 6.07) is 18.0. The summed E-state index contributed by atoms with van der Waals surface area (Å²) in [6.45, 7) is 1.96. The first-order chi connectivity index (χ1) is 13.1. The highest BCUT2D eigenvalue weighted by atomic mass is 16.5. The lowest BCUT2D eigenvalue weighted by Gasteiger charge is -2.07. The molecule has 27 heavy (non-hydrogen) atoms. The van der Waals surface area contributed by atoms with E-state index < -0.39 is 0 Å². The first-order valence-electron chi connectivity index (χ1n) is 8.76. The smallest absolute Gasteiger partial charge is 0.127 e. The number of imidazole rings is 1. The molecule has 0 unspecified atom stereocenters. The van der Waals surface area contributed by atoms with Crippen molar-refractivity contribution >= 4 is 5.71 Å². The van der Waals surface area contributed by atoms with Crippen molar-refractivity contribution in [1.82, 2.24) is 14.6 Å². The van der Waals surface area contributed by atoms with Crippen LogP contribution in [0, 0.1) is 6.92 Å². The van der Waals surface area contributed by atoms with Gasteiger partial charge in [-0.25, -0.2) is 9.66 Å². The number of aryl methyl sites for hydroxylation is 1. The Hall–Kier alpha value is -3.34. The predicted octanol–water partition coefficient (Wildman–Crippen LogP) is 4.19. The van der Waals surface area contributed by atoms with Crippen LogP contribution in [0.4, 0.5) is 0 Å². The number of allylic oxidation sites excluding steroid dienone is 1. The maximum atomic E-state index is 5.26. The van der Waals surface area contributed by atoms with Crippen molar-refractivity contribution < 1.29 is 4.74 Å². The third-order valence-corrected chi connectivity index (χ3v) is 4.06. The highest BCUT2D eigenvalue weighted by Gasteiger charge is 2.08. The Labute approximate surface area is 160 Å². The Morgan fingerprint density at radius 1 is 1.07 bits per heavy atom. The topological polar surface area (TPSA) is 42.6 Å². The molecule has 0 atom stereocenters. The van der Waals surface area contributed by atoms with Crippen molar-refractivity contribution in [3.63, 3.8) is 0 Å². The van der Waals surface area contributed by atoms with Crippen LogP contribution in [-0.2, 0) is 0 Å². The van der Waals surface area contributed by atoms with E-state index in [1.165, 1.54) is 0 Å². The summed E-state index contributed by atoms with van der Waals surface area (Å²) in [5.41, 5.74) is 3.82. The Bertz CT molecular complexity index is 938. The van der Waals surface area contributed by atoms with Crippen LogP contribution in [0.2, 0.25) is 0 Å². The molecular weight excluding hydrogens is 336 g/mol. The summed E-state index contributed by atoms with van der Waals surface area (Å²) in [7, 11) is 5.63. The largest absolute Gasteiger partial charge is 0.497 e. The second-order valence-corrected chi connectivity index (χ2v) is 6.38. The molecule has 0 aliphatic carbocycles. The van der Waals surface area contributed by atoms with Crippen LogP contribution >= 0.6 is 0 Å². The van der Waals surface area contributed by atoms with Crippen molar-refractivity contribution in [2.24, 2.45) is 5.10 Å². The van der Waals surface area contributed by atoms with Gasteiger partial charge in [0.05, 0.1) is 24.7 Å². The zero-order valence-electron chi connectivity index (χ0n) is 16.1. The summed E-state index contributed by atoms with van der Waals surface area (Å²) in [6.07, 6.45) is 5.93. The maximum Gasteiger partial charge on any atom is 0.127 e. The van der Waals surface area contributed by atoms with Crippen molar-refractivity contribution in [2.45, 2.75) is 6.92 Å². The van der Waals surface area contributed by atoms with Gasteiger partial charge in [-0.15, -0.1) is 0 Å². The predicted molar refractivity (Wildman–Crippen MR) is 110 cm³/mol. The standard InChI is InChI=1S/C22H24N4O/c1-17-23-22(18-8-6-5-7-9-18)16-26(17)24-21(14-15-25(2)3)19-10-12-20(27-4)13-11-19/h5-16H,1-4H3/b15-14+,24-21+. The van der Waals surface area contributed by atoms with Crippen molar-refractivity contribution in [1.29, 1.82) is 0 Å². The summed E-state index contributed by atoms with van der Waals surface area (Å²) in [5, 5.41) is 4.82. The van der Waals surface area contributed by atoms with Crippen LogP contribution < -0.4 is 4.74 Å². The lowest BCUT2D eigenvalue weighted by Crippen LogP contribution is -2.06. The number of rotatable bonds is 6. The van der Waals surface area contributed by atoms with Crippen LogP contribution in [0.15, 0.2) is 78.2 Å². The fraction of sp³-hybridized carbons (Fsp3) is 0.182. The molecule has 0 amide bonds. The number of hydrogen-bond donors (Lipinski definition) is 0. The molecule has 1 heterocycles. The fourth-order valence-corrected chi connectivity index (χ4v) is 2.60. The molecule has 3 aromatic rings. The minimum atomic E-state index is 0.819. The Balaban J connectivity index is 2.01. The minimum Gasteiger partial charge on any atom is -0.497 e. The van der Waals surface area contributed by atoms with E-state index in [2.05, 4.69) is 4.98 Å². The second kappa shape index (κ2) is 8.36. The van der Waals surface area contributed by atoms with Crippen LogP contribution in [0.5, 0.6) is 5.75 Å². The van der Waals surface area contributed by atoms with Crippen LogP contribution in [0.25, 0.3) is 11.3 Å². The summed E-state index contributed by atoms with van der Waals surface area (Å²) < 4.78 is 7.08. The van der Waals surface area contributed by atoms with E-state index in [0.717, 1.165) is 34.1 Å². The molecule has 0 spiro atoms. The van der Waals surface area contributed by atoms with Gasteiger partial charge >= 0.3 is 0 Å². The van der Waals surface area contributed by atoms with E-state index in [-0.39, 0.29) is 0 Å². The fourth-order valence-electron chi connectivity index (χ4n) is 2.60. The molecule has 5 nitrogen and oxygen atoms in total. The molecular formula is C22H24N4O. The number of ether oxygens (including phenoxy) is 1. The van der Waals surface area contributed by atoms with Gasteiger partial charge in [0.25, 0.3) is 0 Å². The van der Waals surface area contributed by atoms with Gasteiger partial charge in [-0.2, -0.15) is 5.10 Å². The molecule has 0 aliphatic heterocycles. The SMILES string of the molecule is COc1ccc(C(/C=C/N(C)C)=N/n2cc(-c3ccccc3)nc2C)cc1. The van der Waals surface area contributed by atoms with Crippen molar-refractivity contribution in [3.05, 3.63) is 84.5 Å². The van der Waals surface area contributed by atoms with Gasteiger partial charge in [0.2, 0.25) is 0 Å². The molecule has 1 aromatic heterocycles. The number of nitrogens with zero attached hydrogens (tertiary/aromatic N) is 4. The number of benzene rings is 2. The van der Waals surface area contributed by atoms with Gasteiger partial charge in [0.15, 0.2) is 0 Å². The first kappa shape index (κ1) is 18.5. The van der Waals surface area contributed by atoms with E-state index in [9.17, 15) is 0 Å². The van der Waals surface area contributed by atoms with E-state index in [1.54, 1.807) is 7.11 Å². The van der Waals surface area contributed by atoms with Gasteiger partial charge in [-0.1, -0.05) is 30.3 Å². The zero-order valence-corrected chi connectivity index (χ0v) is 16.1. The molecule has 3 rings (SSSR count).